The highest BCUT2D eigenvalue weighted by Crippen LogP contribution is 2.35. The minimum atomic E-state index is -0.728. The largest absolute Gasteiger partial charge is 0.396 e. The van der Waals surface area contributed by atoms with E-state index in [9.17, 15) is 19.8 Å². The van der Waals surface area contributed by atoms with Gasteiger partial charge in [0.1, 0.15) is 0 Å². The van der Waals surface area contributed by atoms with Gasteiger partial charge in [0.2, 0.25) is 5.56 Å². The van der Waals surface area contributed by atoms with Crippen molar-refractivity contribution >= 4 is 5.91 Å². The summed E-state index contributed by atoms with van der Waals surface area (Å²) in [6.07, 6.45) is 2.44. The molecule has 3 N–H and O–H groups in total. The van der Waals surface area contributed by atoms with Gasteiger partial charge in [-0.05, 0) is 25.3 Å². The van der Waals surface area contributed by atoms with E-state index in [1.54, 1.807) is 12.0 Å². The van der Waals surface area contributed by atoms with Gasteiger partial charge < -0.3 is 24.8 Å². The number of pyridine rings is 1. The second-order valence-electron chi connectivity index (χ2n) is 6.09. The first-order valence-electron chi connectivity index (χ1n) is 7.78. The van der Waals surface area contributed by atoms with Gasteiger partial charge in [0, 0.05) is 44.5 Å². The molecule has 1 aliphatic heterocycles. The van der Waals surface area contributed by atoms with Crippen molar-refractivity contribution in [2.45, 2.75) is 25.4 Å². The van der Waals surface area contributed by atoms with Crippen molar-refractivity contribution in [3.63, 3.8) is 0 Å². The zero-order valence-corrected chi connectivity index (χ0v) is 13.3. The third-order valence-electron chi connectivity index (χ3n) is 4.54. The normalized spacial score (nSPS) is 24.7. The summed E-state index contributed by atoms with van der Waals surface area (Å²) < 4.78 is 5.03. The fourth-order valence-corrected chi connectivity index (χ4v) is 3.10. The van der Waals surface area contributed by atoms with Gasteiger partial charge in [-0.1, -0.05) is 0 Å². The number of ether oxygens (including phenoxy) is 1. The summed E-state index contributed by atoms with van der Waals surface area (Å²) in [5, 5.41) is 20.2. The van der Waals surface area contributed by atoms with Crippen molar-refractivity contribution in [2.24, 2.45) is 5.41 Å². The highest BCUT2D eigenvalue weighted by molar-refractivity contribution is 5.94. The predicted octanol–water partition coefficient (Wildman–Crippen LogP) is -0.0130. The zero-order valence-electron chi connectivity index (χ0n) is 13.3. The van der Waals surface area contributed by atoms with Gasteiger partial charge in [-0.25, -0.2) is 0 Å². The van der Waals surface area contributed by atoms with Crippen LogP contribution in [0.3, 0.4) is 0 Å². The van der Waals surface area contributed by atoms with Crippen LogP contribution in [0, 0.1) is 5.41 Å². The van der Waals surface area contributed by atoms with Crippen LogP contribution in [0.4, 0.5) is 0 Å². The number of aliphatic hydroxyl groups is 2. The Hall–Kier alpha value is -1.70. The summed E-state index contributed by atoms with van der Waals surface area (Å²) >= 11 is 0. The Morgan fingerprint density at radius 1 is 1.52 bits per heavy atom. The van der Waals surface area contributed by atoms with E-state index in [4.69, 9.17) is 4.74 Å². The van der Waals surface area contributed by atoms with Crippen LogP contribution < -0.4 is 5.56 Å². The lowest BCUT2D eigenvalue weighted by Gasteiger charge is -2.45. The molecule has 23 heavy (non-hydrogen) atoms. The van der Waals surface area contributed by atoms with Crippen molar-refractivity contribution in [3.05, 3.63) is 34.2 Å². The number of rotatable bonds is 6. The quantitative estimate of drug-likeness (QED) is 0.639. The van der Waals surface area contributed by atoms with Gasteiger partial charge in [-0.3, -0.25) is 9.59 Å². The molecule has 0 saturated carbocycles. The number of nitrogens with one attached hydrogen (secondary N) is 1. The molecule has 0 bridgehead atoms. The van der Waals surface area contributed by atoms with Crippen LogP contribution in [0.2, 0.25) is 0 Å². The number of aromatic amines is 1. The summed E-state index contributed by atoms with van der Waals surface area (Å²) in [6, 6.07) is 2.79. The van der Waals surface area contributed by atoms with Crippen molar-refractivity contribution in [1.29, 1.82) is 0 Å². The maximum Gasteiger partial charge on any atom is 0.255 e. The van der Waals surface area contributed by atoms with Gasteiger partial charge in [-0.15, -0.1) is 0 Å². The van der Waals surface area contributed by atoms with Crippen LogP contribution in [0.25, 0.3) is 0 Å². The Balaban J connectivity index is 2.13. The van der Waals surface area contributed by atoms with Crippen LogP contribution in [0.5, 0.6) is 0 Å². The van der Waals surface area contributed by atoms with Crippen molar-refractivity contribution in [1.82, 2.24) is 9.88 Å². The molecule has 0 aliphatic carbocycles. The van der Waals surface area contributed by atoms with Crippen LogP contribution >= 0.6 is 0 Å². The van der Waals surface area contributed by atoms with Crippen LogP contribution in [-0.2, 0) is 4.74 Å². The molecular formula is C16H24N2O5. The molecule has 1 aliphatic rings. The molecule has 2 rings (SSSR count). The van der Waals surface area contributed by atoms with Crippen molar-refractivity contribution < 1.29 is 19.7 Å². The van der Waals surface area contributed by atoms with Gasteiger partial charge in [0.25, 0.3) is 5.91 Å². The lowest BCUT2D eigenvalue weighted by atomic mass is 9.74. The highest BCUT2D eigenvalue weighted by Gasteiger charge is 2.43. The number of carbonyl (C=O) groups is 1. The second-order valence-corrected chi connectivity index (χ2v) is 6.09. The minimum absolute atomic E-state index is 0.187. The molecule has 2 atom stereocenters. The van der Waals surface area contributed by atoms with Gasteiger partial charge in [-0.2, -0.15) is 0 Å². The summed E-state index contributed by atoms with van der Waals surface area (Å²) in [4.78, 5) is 27.8. The third-order valence-corrected chi connectivity index (χ3v) is 4.54. The highest BCUT2D eigenvalue weighted by atomic mass is 16.5. The lowest BCUT2D eigenvalue weighted by Crippen LogP contribution is -2.55. The maximum atomic E-state index is 12.6. The Morgan fingerprint density at radius 2 is 2.30 bits per heavy atom. The Morgan fingerprint density at radius 3 is 2.91 bits per heavy atom. The first kappa shape index (κ1) is 17.7. The van der Waals surface area contributed by atoms with E-state index >= 15 is 0 Å². The van der Waals surface area contributed by atoms with Crippen LogP contribution in [0.1, 0.15) is 29.6 Å². The molecule has 0 aromatic carbocycles. The molecule has 2 heterocycles. The minimum Gasteiger partial charge on any atom is -0.396 e. The monoisotopic (exact) mass is 324 g/mol. The number of methoxy groups -OCH3 is 1. The van der Waals surface area contributed by atoms with E-state index in [1.165, 1.54) is 18.3 Å². The Labute approximate surface area is 134 Å². The first-order valence-corrected chi connectivity index (χ1v) is 7.78. The number of aliphatic hydroxyl groups excluding tert-OH is 2. The van der Waals surface area contributed by atoms with E-state index in [-0.39, 0.29) is 24.6 Å². The Kier molecular flexibility index (Phi) is 5.92. The summed E-state index contributed by atoms with van der Waals surface area (Å²) in [7, 11) is 1.61. The summed E-state index contributed by atoms with van der Waals surface area (Å²) in [6.45, 7) is 1.06. The third kappa shape index (κ3) is 3.99. The molecule has 0 spiro atoms. The number of hydrogen-bond donors (Lipinski definition) is 3. The van der Waals surface area contributed by atoms with Gasteiger partial charge in [0.15, 0.2) is 0 Å². The number of nitrogens with zero attached hydrogens (tertiary/aromatic N) is 1. The molecule has 0 radical (unpaired) electrons. The molecule has 7 heteroatoms. The zero-order chi connectivity index (χ0) is 16.9. The first-order chi connectivity index (χ1) is 11.0. The van der Waals surface area contributed by atoms with E-state index in [0.29, 0.717) is 38.0 Å². The average Bonchev–Trinajstić information content (AvgIpc) is 2.57. The van der Waals surface area contributed by atoms with E-state index < -0.39 is 11.5 Å². The second kappa shape index (κ2) is 7.72. The lowest BCUT2D eigenvalue weighted by molar-refractivity contribution is -0.0745. The van der Waals surface area contributed by atoms with E-state index in [2.05, 4.69) is 4.98 Å². The fourth-order valence-electron chi connectivity index (χ4n) is 3.10. The number of aromatic nitrogens is 1. The average molecular weight is 324 g/mol. The summed E-state index contributed by atoms with van der Waals surface area (Å²) in [5.74, 6) is -0.210. The summed E-state index contributed by atoms with van der Waals surface area (Å²) in [5.41, 5.74) is -0.598. The Bertz CT molecular complexity index is 568. The molecule has 7 nitrogen and oxygen atoms in total. The number of carbonyl (C=O) groups excluding carboxylic acids is 1. The molecule has 0 unspecified atom stereocenters. The molecule has 1 saturated heterocycles. The predicted molar refractivity (Wildman–Crippen MR) is 84.2 cm³/mol. The van der Waals surface area contributed by atoms with Crippen molar-refractivity contribution in [3.8, 4) is 0 Å². The van der Waals surface area contributed by atoms with E-state index in [1.807, 2.05) is 0 Å². The number of hydrogen-bond acceptors (Lipinski definition) is 5. The number of piperidine rings is 1. The van der Waals surface area contributed by atoms with Crippen LogP contribution in [0.15, 0.2) is 23.1 Å². The molecule has 1 amide bonds. The molecular weight excluding hydrogens is 300 g/mol. The van der Waals surface area contributed by atoms with Crippen molar-refractivity contribution in [2.75, 3.05) is 33.4 Å². The molecule has 1 aromatic heterocycles. The topological polar surface area (TPSA) is 103 Å². The van der Waals surface area contributed by atoms with E-state index in [0.717, 1.165) is 0 Å². The SMILES string of the molecule is COCCC[C@@]1(CO)CN(C(=O)c2ccc(=O)[nH]c2)CC[C@H]1O. The van der Waals surface area contributed by atoms with Gasteiger partial charge in [0.05, 0.1) is 18.3 Å². The van der Waals surface area contributed by atoms with Crippen LogP contribution in [-0.4, -0.2) is 65.5 Å². The fraction of sp³-hybridized carbons (Fsp3) is 0.625. The molecule has 128 valence electrons. The maximum absolute atomic E-state index is 12.6. The smallest absolute Gasteiger partial charge is 0.255 e. The molecule has 1 fully saturated rings. The number of amides is 1. The number of H-pyrrole nitrogens is 1. The van der Waals surface area contributed by atoms with Gasteiger partial charge >= 0.3 is 0 Å². The molecule has 1 aromatic rings. The number of likely N-dealkylation sites (tertiary alicyclic amines) is 1. The standard InChI is InChI=1S/C16H24N2O5/c1-23-8-2-6-16(11-19)10-18(7-5-13(16)20)15(22)12-3-4-14(21)17-9-12/h3-4,9,13,19-20H,2,5-8,10-11H2,1H3,(H,17,21)/t13-,16+/m1/s1.